The second-order valence-electron chi connectivity index (χ2n) is 26.9. The topological polar surface area (TPSA) is 279 Å². The first kappa shape index (κ1) is 78.9. The summed E-state index contributed by atoms with van der Waals surface area (Å²) in [5.74, 6) is -9.25. The Morgan fingerprint density at radius 1 is 0.448 bits per heavy atom. The molecule has 13 atom stereocenters. The molecule has 0 aromatic carbocycles. The standard InChI is InChI=1S/C64H115N11O12/c1-26-28-29-41(15)54(77)53-58(81)67-45(27-2)60(83)69(19)42(16)34-50(76)70(20)46(30-35(3)4)57(80)68-51(39(11)12)63(86)71(21)47(31-36(5)6)56(79)65-43(17)55(78)66-44(18)59(82)72(22)48(32-37(7)8)61(84)73(23)49(33-38(9)10)62(85)74(24)52(40(13)14)64(87)75(53)25/h26,28,35-49,51-54,77H,27,29-34H2,1-25H3,(H,65,79)(H,66,78)(H,67,81)(H,68,80)/b28-26+/t41-,42-,43+,44-,45+,46+,47+,48+,49+,51+,52+,53+,54-/m1/s1. The van der Waals surface area contributed by atoms with E-state index in [9.17, 15) is 48.3 Å². The fraction of sp³-hybridized carbons (Fsp3) is 0.797. The van der Waals surface area contributed by atoms with Crippen molar-refractivity contribution < 1.29 is 57.8 Å². The van der Waals surface area contributed by atoms with Gasteiger partial charge in [0.05, 0.1) is 6.10 Å². The van der Waals surface area contributed by atoms with E-state index in [-0.39, 0.29) is 62.2 Å². The Morgan fingerprint density at radius 2 is 0.862 bits per heavy atom. The van der Waals surface area contributed by atoms with Gasteiger partial charge in [0.15, 0.2) is 0 Å². The summed E-state index contributed by atoms with van der Waals surface area (Å²) < 4.78 is 0. The minimum Gasteiger partial charge on any atom is -0.390 e. The van der Waals surface area contributed by atoms with Crippen LogP contribution >= 0.6 is 0 Å². The molecule has 0 aromatic rings. The molecule has 87 heavy (non-hydrogen) atoms. The number of amides is 11. The second kappa shape index (κ2) is 35.8. The Morgan fingerprint density at radius 3 is 1.31 bits per heavy atom. The first-order valence-corrected chi connectivity index (χ1v) is 31.5. The summed E-state index contributed by atoms with van der Waals surface area (Å²) in [5.41, 5.74) is 0. The van der Waals surface area contributed by atoms with Crippen molar-refractivity contribution in [3.63, 3.8) is 0 Å². The lowest BCUT2D eigenvalue weighted by Gasteiger charge is -2.41. The number of aliphatic hydroxyl groups is 1. The van der Waals surface area contributed by atoms with Gasteiger partial charge < -0.3 is 60.7 Å². The van der Waals surface area contributed by atoms with Gasteiger partial charge in [-0.25, -0.2) is 0 Å². The van der Waals surface area contributed by atoms with Crippen LogP contribution in [0.4, 0.5) is 0 Å². The predicted molar refractivity (Wildman–Crippen MR) is 338 cm³/mol. The highest BCUT2D eigenvalue weighted by Crippen LogP contribution is 2.26. The molecule has 1 aliphatic rings. The van der Waals surface area contributed by atoms with E-state index >= 15 is 9.59 Å². The third-order valence-corrected chi connectivity index (χ3v) is 16.8. The van der Waals surface area contributed by atoms with Crippen molar-refractivity contribution in [2.45, 2.75) is 242 Å². The Labute approximate surface area is 521 Å². The van der Waals surface area contributed by atoms with Crippen LogP contribution in [0.1, 0.15) is 170 Å². The van der Waals surface area contributed by atoms with Crippen molar-refractivity contribution in [2.24, 2.45) is 41.4 Å². The number of nitrogens with one attached hydrogen (secondary N) is 4. The molecule has 498 valence electrons. The zero-order valence-electron chi connectivity index (χ0n) is 57.6. The molecule has 1 rings (SSSR count). The van der Waals surface area contributed by atoms with Crippen molar-refractivity contribution >= 4 is 65.0 Å². The molecule has 5 N–H and O–H groups in total. The van der Waals surface area contributed by atoms with Gasteiger partial charge in [-0.1, -0.05) is 109 Å². The fourth-order valence-electron chi connectivity index (χ4n) is 11.0. The first-order chi connectivity index (χ1) is 40.1. The molecular formula is C64H115N11O12. The lowest BCUT2D eigenvalue weighted by Crippen LogP contribution is -2.63. The summed E-state index contributed by atoms with van der Waals surface area (Å²) in [5, 5.41) is 23.2. The lowest BCUT2D eigenvalue weighted by molar-refractivity contribution is -0.157. The summed E-state index contributed by atoms with van der Waals surface area (Å²) in [7, 11) is 10.1. The Bertz CT molecular complexity index is 2380. The SMILES string of the molecule is C/C=C/C[C@@H](C)[C@@H](O)[C@H]1C(=O)N[C@@H](CC)C(=O)N(C)[C@H](C)CC(=O)N(C)[C@@H](CC(C)C)C(=O)N[C@@H](C(C)C)C(=O)N(C)[C@@H](CC(C)C)C(=O)N[C@@H](C)C(=O)N[C@H](C)C(=O)N(C)[C@@H](CC(C)C)C(=O)N(C)[C@@H](CC(C)C)C(=O)N(C)[C@@H](C(C)C)C(=O)N1C. The van der Waals surface area contributed by atoms with Gasteiger partial charge in [0.2, 0.25) is 65.0 Å². The molecule has 0 unspecified atom stereocenters. The molecule has 0 saturated carbocycles. The van der Waals surface area contributed by atoms with Crippen LogP contribution in [0.5, 0.6) is 0 Å². The van der Waals surface area contributed by atoms with E-state index in [1.54, 1.807) is 54.5 Å². The monoisotopic (exact) mass is 1230 g/mol. The van der Waals surface area contributed by atoms with Gasteiger partial charge in [0.25, 0.3) is 0 Å². The molecule has 11 amide bonds. The molecule has 1 fully saturated rings. The molecule has 1 aliphatic heterocycles. The number of nitrogens with zero attached hydrogens (tertiary/aromatic N) is 7. The zero-order valence-corrected chi connectivity index (χ0v) is 57.6. The minimum absolute atomic E-state index is 0.0700. The number of carbonyl (C=O) groups excluding carboxylic acids is 11. The predicted octanol–water partition coefficient (Wildman–Crippen LogP) is 4.05. The van der Waals surface area contributed by atoms with Crippen molar-refractivity contribution in [3.8, 4) is 0 Å². The molecule has 23 nitrogen and oxygen atoms in total. The Balaban J connectivity index is 4.32. The smallest absolute Gasteiger partial charge is 0.246 e. The van der Waals surface area contributed by atoms with Gasteiger partial charge >= 0.3 is 0 Å². The van der Waals surface area contributed by atoms with Gasteiger partial charge in [0, 0.05) is 61.8 Å². The Kier molecular flexibility index (Phi) is 32.4. The van der Waals surface area contributed by atoms with Crippen LogP contribution in [-0.4, -0.2) is 226 Å². The van der Waals surface area contributed by atoms with Gasteiger partial charge in [-0.2, -0.15) is 0 Å². The summed E-state index contributed by atoms with van der Waals surface area (Å²) in [6.45, 7) is 31.7. The van der Waals surface area contributed by atoms with Crippen LogP contribution in [0.3, 0.4) is 0 Å². The van der Waals surface area contributed by atoms with Crippen molar-refractivity contribution in [1.29, 1.82) is 0 Å². The summed E-state index contributed by atoms with van der Waals surface area (Å²) >= 11 is 0. The molecule has 23 heteroatoms. The highest BCUT2D eigenvalue weighted by Gasteiger charge is 2.46. The van der Waals surface area contributed by atoms with Crippen LogP contribution in [0.15, 0.2) is 12.2 Å². The summed E-state index contributed by atoms with van der Waals surface area (Å²) in [6.07, 6.45) is 2.94. The molecule has 1 saturated heterocycles. The molecule has 0 bridgehead atoms. The molecule has 0 aromatic heterocycles. The maximum atomic E-state index is 15.2. The molecule has 1 heterocycles. The van der Waals surface area contributed by atoms with Crippen molar-refractivity contribution in [3.05, 3.63) is 12.2 Å². The largest absolute Gasteiger partial charge is 0.390 e. The average molecular weight is 1230 g/mol. The lowest BCUT2D eigenvalue weighted by atomic mass is 9.91. The molecule has 0 radical (unpaired) electrons. The highest BCUT2D eigenvalue weighted by atomic mass is 16.3. The van der Waals surface area contributed by atoms with E-state index in [2.05, 4.69) is 21.3 Å². The summed E-state index contributed by atoms with van der Waals surface area (Å²) in [6, 6.07) is -12.9. The van der Waals surface area contributed by atoms with Crippen LogP contribution in [-0.2, 0) is 52.7 Å². The number of hydrogen-bond donors (Lipinski definition) is 5. The van der Waals surface area contributed by atoms with Crippen molar-refractivity contribution in [1.82, 2.24) is 55.6 Å². The van der Waals surface area contributed by atoms with Crippen molar-refractivity contribution in [2.75, 3.05) is 49.3 Å². The van der Waals surface area contributed by atoms with Crippen LogP contribution in [0.25, 0.3) is 0 Å². The number of aliphatic hydroxyl groups excluding tert-OH is 1. The van der Waals surface area contributed by atoms with E-state index < -0.39 is 155 Å². The Hall–Kier alpha value is -6.13. The number of allylic oxidation sites excluding steroid dienone is 2. The molecular weight excluding hydrogens is 1110 g/mol. The normalized spacial score (nSPS) is 27.6. The average Bonchev–Trinajstić information content (AvgIpc) is 1.67. The fourth-order valence-corrected chi connectivity index (χ4v) is 11.0. The highest BCUT2D eigenvalue weighted by molar-refractivity contribution is 5.99. The van der Waals surface area contributed by atoms with E-state index in [1.165, 1.54) is 92.6 Å². The number of hydrogen-bond acceptors (Lipinski definition) is 12. The van der Waals surface area contributed by atoms with Gasteiger partial charge in [0.1, 0.15) is 60.4 Å². The minimum atomic E-state index is -1.59. The van der Waals surface area contributed by atoms with E-state index in [1.807, 2.05) is 68.4 Å². The van der Waals surface area contributed by atoms with Crippen LogP contribution < -0.4 is 21.3 Å². The van der Waals surface area contributed by atoms with Gasteiger partial charge in [-0.3, -0.25) is 52.7 Å². The van der Waals surface area contributed by atoms with E-state index in [0.717, 1.165) is 4.90 Å². The van der Waals surface area contributed by atoms with Crippen LogP contribution in [0.2, 0.25) is 0 Å². The number of rotatable bonds is 15. The number of likely N-dealkylation sites (N-methyl/N-ethyl adjacent to an activating group) is 7. The molecule has 0 aliphatic carbocycles. The van der Waals surface area contributed by atoms with E-state index in [0.29, 0.717) is 6.42 Å². The third-order valence-electron chi connectivity index (χ3n) is 16.8. The third kappa shape index (κ3) is 22.1. The summed E-state index contributed by atoms with van der Waals surface area (Å²) in [4.78, 5) is 169. The first-order valence-electron chi connectivity index (χ1n) is 31.5. The number of carbonyl (C=O) groups is 11. The van der Waals surface area contributed by atoms with E-state index in [4.69, 9.17) is 0 Å². The maximum absolute atomic E-state index is 15.2. The quantitative estimate of drug-likeness (QED) is 0.145. The maximum Gasteiger partial charge on any atom is 0.246 e. The van der Waals surface area contributed by atoms with Gasteiger partial charge in [-0.05, 0) is 108 Å². The van der Waals surface area contributed by atoms with Gasteiger partial charge in [-0.15, -0.1) is 0 Å². The second-order valence-corrected chi connectivity index (χ2v) is 26.9. The molecule has 0 spiro atoms. The zero-order chi connectivity index (χ0) is 67.6. The van der Waals surface area contributed by atoms with Crippen LogP contribution in [0, 0.1) is 41.4 Å².